The molecule has 1 aromatic heterocycles. The largest absolute Gasteiger partial charge is 0.392 e. The second kappa shape index (κ2) is 7.08. The van der Waals surface area contributed by atoms with Gasteiger partial charge < -0.3 is 10.0 Å². The van der Waals surface area contributed by atoms with E-state index in [0.29, 0.717) is 13.1 Å². The summed E-state index contributed by atoms with van der Waals surface area (Å²) < 4.78 is 1.78. The van der Waals surface area contributed by atoms with E-state index in [4.69, 9.17) is 0 Å². The fourth-order valence-corrected chi connectivity index (χ4v) is 3.50. The van der Waals surface area contributed by atoms with Crippen LogP contribution in [0.1, 0.15) is 30.0 Å². The van der Waals surface area contributed by atoms with Crippen molar-refractivity contribution >= 4 is 17.1 Å². The molecule has 0 aliphatic carbocycles. The van der Waals surface area contributed by atoms with Crippen LogP contribution in [0.5, 0.6) is 0 Å². The number of nitro groups is 2. The van der Waals surface area contributed by atoms with Gasteiger partial charge in [0.1, 0.15) is 0 Å². The molecular weight excluding hydrogens is 342 g/mol. The van der Waals surface area contributed by atoms with E-state index in [2.05, 4.69) is 5.10 Å². The van der Waals surface area contributed by atoms with Crippen LogP contribution in [0, 0.1) is 27.2 Å². The molecule has 0 bridgehead atoms. The highest BCUT2D eigenvalue weighted by molar-refractivity contribution is 5.79. The zero-order valence-corrected chi connectivity index (χ0v) is 14.2. The fraction of sp³-hybridized carbons (Fsp3) is 0.438. The minimum atomic E-state index is -0.627. The zero-order valence-electron chi connectivity index (χ0n) is 14.2. The number of benzene rings is 1. The summed E-state index contributed by atoms with van der Waals surface area (Å²) >= 11 is 0. The van der Waals surface area contributed by atoms with Crippen LogP contribution < -0.4 is 4.90 Å². The molecular formula is C16H19N5O5. The first-order valence-electron chi connectivity index (χ1n) is 8.24. The number of aliphatic hydroxyl groups excluding tert-OH is 1. The second-order valence-electron chi connectivity index (χ2n) is 6.28. The number of hydrogen-bond acceptors (Lipinski definition) is 7. The Morgan fingerprint density at radius 2 is 2.12 bits per heavy atom. The Morgan fingerprint density at radius 3 is 2.69 bits per heavy atom. The van der Waals surface area contributed by atoms with Crippen molar-refractivity contribution < 1.29 is 15.0 Å². The first-order valence-corrected chi connectivity index (χ1v) is 8.24. The van der Waals surface area contributed by atoms with Gasteiger partial charge in [-0.05, 0) is 31.4 Å². The van der Waals surface area contributed by atoms with Crippen LogP contribution in [0.15, 0.2) is 24.5 Å². The van der Waals surface area contributed by atoms with Crippen LogP contribution in [0.2, 0.25) is 0 Å². The van der Waals surface area contributed by atoms with Gasteiger partial charge in [0.25, 0.3) is 5.69 Å². The molecule has 0 radical (unpaired) electrons. The van der Waals surface area contributed by atoms with Crippen LogP contribution in [0.4, 0.5) is 17.1 Å². The van der Waals surface area contributed by atoms with Gasteiger partial charge in [-0.3, -0.25) is 24.9 Å². The molecule has 1 saturated heterocycles. The van der Waals surface area contributed by atoms with Crippen molar-refractivity contribution in [2.45, 2.75) is 32.4 Å². The SMILES string of the molecule is Cc1c(CO)cc([N+](=O)[O-])c(N2CCCC(n3cccn3)C2)c1[N+](=O)[O-]. The summed E-state index contributed by atoms with van der Waals surface area (Å²) in [5.41, 5.74) is -0.226. The number of hydrogen-bond donors (Lipinski definition) is 1. The highest BCUT2D eigenvalue weighted by Gasteiger charge is 2.36. The molecule has 1 aromatic carbocycles. The lowest BCUT2D eigenvalue weighted by atomic mass is 10.00. The molecule has 10 nitrogen and oxygen atoms in total. The van der Waals surface area contributed by atoms with E-state index in [9.17, 15) is 25.3 Å². The van der Waals surface area contributed by atoms with Crippen molar-refractivity contribution in [1.29, 1.82) is 0 Å². The Bertz CT molecular complexity index is 836. The molecule has 1 fully saturated rings. The molecule has 2 heterocycles. The lowest BCUT2D eigenvalue weighted by molar-refractivity contribution is -0.393. The predicted molar refractivity (Wildman–Crippen MR) is 93.1 cm³/mol. The molecule has 3 rings (SSSR count). The van der Waals surface area contributed by atoms with E-state index in [1.54, 1.807) is 21.8 Å². The molecule has 0 amide bonds. The van der Waals surface area contributed by atoms with Crippen LogP contribution >= 0.6 is 0 Å². The first-order chi connectivity index (χ1) is 12.4. The summed E-state index contributed by atoms with van der Waals surface area (Å²) in [6.07, 6.45) is 5.05. The van der Waals surface area contributed by atoms with E-state index < -0.39 is 16.5 Å². The molecule has 26 heavy (non-hydrogen) atoms. The molecule has 1 atom stereocenters. The molecule has 10 heteroatoms. The monoisotopic (exact) mass is 361 g/mol. The van der Waals surface area contributed by atoms with Crippen molar-refractivity contribution in [1.82, 2.24) is 9.78 Å². The maximum absolute atomic E-state index is 11.7. The standard InChI is InChI=1S/C16H19N5O5/c1-11-12(10-22)8-14(20(23)24)16(15(11)21(25)26)18-6-2-4-13(9-18)19-7-3-5-17-19/h3,5,7-8,13,22H,2,4,6,9-10H2,1H3. The first kappa shape index (κ1) is 17.8. The topological polar surface area (TPSA) is 128 Å². The Morgan fingerprint density at radius 1 is 1.35 bits per heavy atom. The van der Waals surface area contributed by atoms with Crippen LogP contribution in [0.3, 0.4) is 0 Å². The summed E-state index contributed by atoms with van der Waals surface area (Å²) in [5, 5.41) is 36.9. The lowest BCUT2D eigenvalue weighted by Crippen LogP contribution is -2.37. The quantitative estimate of drug-likeness (QED) is 0.639. The summed E-state index contributed by atoms with van der Waals surface area (Å²) in [7, 11) is 0. The number of nitro benzene ring substituents is 2. The number of anilines is 1. The molecule has 1 aliphatic rings. The van der Waals surface area contributed by atoms with Crippen molar-refractivity contribution in [3.8, 4) is 0 Å². The van der Waals surface area contributed by atoms with Crippen molar-refractivity contribution in [3.63, 3.8) is 0 Å². The molecule has 0 spiro atoms. The van der Waals surface area contributed by atoms with Crippen molar-refractivity contribution in [2.75, 3.05) is 18.0 Å². The maximum atomic E-state index is 11.7. The maximum Gasteiger partial charge on any atom is 0.302 e. The summed E-state index contributed by atoms with van der Waals surface area (Å²) in [5.74, 6) is 0. The van der Waals surface area contributed by atoms with Crippen molar-refractivity contribution in [3.05, 3.63) is 55.9 Å². The highest BCUT2D eigenvalue weighted by atomic mass is 16.6. The molecule has 1 aliphatic heterocycles. The van der Waals surface area contributed by atoms with Gasteiger partial charge in [-0.1, -0.05) is 0 Å². The van der Waals surface area contributed by atoms with E-state index in [1.807, 2.05) is 6.20 Å². The van der Waals surface area contributed by atoms with Gasteiger partial charge in [-0.25, -0.2) is 0 Å². The summed E-state index contributed by atoms with van der Waals surface area (Å²) in [6.45, 7) is 1.88. The lowest BCUT2D eigenvalue weighted by Gasteiger charge is -2.34. The molecule has 1 unspecified atom stereocenters. The summed E-state index contributed by atoms with van der Waals surface area (Å²) in [4.78, 5) is 23.7. The number of aromatic nitrogens is 2. The van der Waals surface area contributed by atoms with Crippen LogP contribution in [-0.2, 0) is 6.61 Å². The van der Waals surface area contributed by atoms with Gasteiger partial charge in [-0.2, -0.15) is 5.10 Å². The Kier molecular flexibility index (Phi) is 4.85. The van der Waals surface area contributed by atoms with Gasteiger partial charge in [0.05, 0.1) is 22.5 Å². The highest BCUT2D eigenvalue weighted by Crippen LogP contribution is 2.43. The number of nitrogens with zero attached hydrogens (tertiary/aromatic N) is 5. The van der Waals surface area contributed by atoms with Gasteiger partial charge in [-0.15, -0.1) is 0 Å². The average Bonchev–Trinajstić information content (AvgIpc) is 3.15. The molecule has 0 saturated carbocycles. The van der Waals surface area contributed by atoms with E-state index >= 15 is 0 Å². The smallest absolute Gasteiger partial charge is 0.302 e. The normalized spacial score (nSPS) is 17.3. The third-order valence-electron chi connectivity index (χ3n) is 4.78. The van der Waals surface area contributed by atoms with E-state index in [1.165, 1.54) is 13.0 Å². The van der Waals surface area contributed by atoms with E-state index in [-0.39, 0.29) is 34.2 Å². The second-order valence-corrected chi connectivity index (χ2v) is 6.28. The zero-order chi connectivity index (χ0) is 18.8. The Labute approximate surface area is 149 Å². The van der Waals surface area contributed by atoms with E-state index in [0.717, 1.165) is 12.8 Å². The number of aliphatic hydroxyl groups is 1. The third-order valence-corrected chi connectivity index (χ3v) is 4.78. The fourth-order valence-electron chi connectivity index (χ4n) is 3.50. The van der Waals surface area contributed by atoms with Gasteiger partial charge in [0.15, 0.2) is 5.69 Å². The summed E-state index contributed by atoms with van der Waals surface area (Å²) in [6, 6.07) is 3.01. The van der Waals surface area contributed by atoms with Crippen LogP contribution in [0.25, 0.3) is 0 Å². The molecule has 1 N–H and O–H groups in total. The third kappa shape index (κ3) is 3.10. The van der Waals surface area contributed by atoms with Gasteiger partial charge in [0.2, 0.25) is 0 Å². The van der Waals surface area contributed by atoms with Gasteiger partial charge >= 0.3 is 5.69 Å². The molecule has 2 aromatic rings. The minimum absolute atomic E-state index is 0.00607. The van der Waals surface area contributed by atoms with Gasteiger partial charge in [0, 0.05) is 37.1 Å². The molecule has 138 valence electrons. The number of piperidine rings is 1. The van der Waals surface area contributed by atoms with Crippen LogP contribution in [-0.4, -0.2) is 37.8 Å². The Hall–Kier alpha value is -3.01. The average molecular weight is 361 g/mol. The Balaban J connectivity index is 2.11. The predicted octanol–water partition coefficient (Wildman–Crippen LogP) is 2.34. The number of rotatable bonds is 5. The minimum Gasteiger partial charge on any atom is -0.392 e. The van der Waals surface area contributed by atoms with Crippen molar-refractivity contribution in [2.24, 2.45) is 0 Å².